The lowest BCUT2D eigenvalue weighted by Gasteiger charge is -2.21. The van der Waals surface area contributed by atoms with Crippen molar-refractivity contribution >= 4 is 34.8 Å². The summed E-state index contributed by atoms with van der Waals surface area (Å²) in [5.74, 6) is -0.634. The molecule has 0 radical (unpaired) electrons. The fourth-order valence-corrected chi connectivity index (χ4v) is 2.42. The van der Waals surface area contributed by atoms with Crippen molar-refractivity contribution in [3.05, 3.63) is 29.8 Å². The SMILES string of the molecule is CCCCc1ccc(NC(=S)NNC(=O)[C@H](NC(C)=O)C(C)C)cc1. The van der Waals surface area contributed by atoms with Crippen LogP contribution in [0.1, 0.15) is 46.1 Å². The van der Waals surface area contributed by atoms with Gasteiger partial charge in [0.2, 0.25) is 5.91 Å². The molecule has 0 saturated heterocycles. The van der Waals surface area contributed by atoms with Crippen LogP contribution in [0.5, 0.6) is 0 Å². The van der Waals surface area contributed by atoms with Gasteiger partial charge in [0.25, 0.3) is 5.91 Å². The Hall–Kier alpha value is -2.15. The Kier molecular flexibility index (Phi) is 8.91. The van der Waals surface area contributed by atoms with Gasteiger partial charge in [-0.05, 0) is 48.7 Å². The van der Waals surface area contributed by atoms with Crippen LogP contribution >= 0.6 is 12.2 Å². The molecule has 1 atom stereocenters. The molecule has 4 N–H and O–H groups in total. The standard InChI is InChI=1S/C18H28N4O2S/c1-5-6-7-14-8-10-15(11-9-14)20-18(25)22-21-17(24)16(12(2)3)19-13(4)23/h8-12,16H,5-7H2,1-4H3,(H,19,23)(H,21,24)(H2,20,22,25)/t16-/m1/s1. The summed E-state index contributed by atoms with van der Waals surface area (Å²) >= 11 is 5.17. The van der Waals surface area contributed by atoms with Crippen LogP contribution in [0.3, 0.4) is 0 Å². The van der Waals surface area contributed by atoms with Gasteiger partial charge in [0.1, 0.15) is 6.04 Å². The van der Waals surface area contributed by atoms with Crippen LogP contribution in [0.4, 0.5) is 5.69 Å². The highest BCUT2D eigenvalue weighted by Gasteiger charge is 2.22. The summed E-state index contributed by atoms with van der Waals surface area (Å²) in [7, 11) is 0. The average Bonchev–Trinajstić information content (AvgIpc) is 2.56. The first-order valence-electron chi connectivity index (χ1n) is 8.56. The summed E-state index contributed by atoms with van der Waals surface area (Å²) in [4.78, 5) is 23.3. The van der Waals surface area contributed by atoms with Gasteiger partial charge >= 0.3 is 0 Å². The van der Waals surface area contributed by atoms with E-state index >= 15 is 0 Å². The van der Waals surface area contributed by atoms with Gasteiger partial charge in [-0.3, -0.25) is 20.4 Å². The van der Waals surface area contributed by atoms with E-state index in [1.807, 2.05) is 26.0 Å². The molecular weight excluding hydrogens is 336 g/mol. The van der Waals surface area contributed by atoms with Crippen molar-refractivity contribution in [2.75, 3.05) is 5.32 Å². The van der Waals surface area contributed by atoms with E-state index in [4.69, 9.17) is 12.2 Å². The van der Waals surface area contributed by atoms with Gasteiger partial charge in [-0.25, -0.2) is 0 Å². The monoisotopic (exact) mass is 364 g/mol. The number of unbranched alkanes of at least 4 members (excludes halogenated alkanes) is 1. The topological polar surface area (TPSA) is 82.3 Å². The fourth-order valence-electron chi connectivity index (χ4n) is 2.25. The maximum atomic E-state index is 12.1. The second-order valence-electron chi connectivity index (χ2n) is 6.29. The Morgan fingerprint density at radius 3 is 2.28 bits per heavy atom. The molecule has 1 rings (SSSR count). The lowest BCUT2D eigenvalue weighted by molar-refractivity contribution is -0.129. The van der Waals surface area contributed by atoms with Crippen LogP contribution in [-0.4, -0.2) is 23.0 Å². The second-order valence-corrected chi connectivity index (χ2v) is 6.70. The Morgan fingerprint density at radius 1 is 1.12 bits per heavy atom. The van der Waals surface area contributed by atoms with Gasteiger partial charge in [-0.2, -0.15) is 0 Å². The number of thiocarbonyl (C=S) groups is 1. The lowest BCUT2D eigenvalue weighted by atomic mass is 10.0. The van der Waals surface area contributed by atoms with Crippen LogP contribution in [0, 0.1) is 5.92 Å². The number of carbonyl (C=O) groups excluding carboxylic acids is 2. The minimum Gasteiger partial charge on any atom is -0.344 e. The van der Waals surface area contributed by atoms with E-state index in [-0.39, 0.29) is 22.8 Å². The Morgan fingerprint density at radius 2 is 1.76 bits per heavy atom. The number of aryl methyl sites for hydroxylation is 1. The summed E-state index contributed by atoms with van der Waals surface area (Å²) in [6.07, 6.45) is 3.41. The highest BCUT2D eigenvalue weighted by Crippen LogP contribution is 2.11. The summed E-state index contributed by atoms with van der Waals surface area (Å²) in [6, 6.07) is 7.41. The van der Waals surface area contributed by atoms with E-state index in [0.717, 1.165) is 12.1 Å². The van der Waals surface area contributed by atoms with Crippen LogP contribution in [0.25, 0.3) is 0 Å². The molecule has 0 spiro atoms. The van der Waals surface area contributed by atoms with Crippen molar-refractivity contribution < 1.29 is 9.59 Å². The summed E-state index contributed by atoms with van der Waals surface area (Å²) in [5, 5.41) is 5.91. The summed E-state index contributed by atoms with van der Waals surface area (Å²) in [6.45, 7) is 7.27. The third-order valence-electron chi connectivity index (χ3n) is 3.64. The van der Waals surface area contributed by atoms with Gasteiger partial charge < -0.3 is 10.6 Å². The first-order valence-corrected chi connectivity index (χ1v) is 8.97. The third-order valence-corrected chi connectivity index (χ3v) is 3.84. The Balaban J connectivity index is 2.48. The molecule has 0 heterocycles. The molecule has 1 aromatic carbocycles. The summed E-state index contributed by atoms with van der Waals surface area (Å²) in [5.41, 5.74) is 7.31. The van der Waals surface area contributed by atoms with E-state index in [0.29, 0.717) is 0 Å². The van der Waals surface area contributed by atoms with Crippen molar-refractivity contribution in [2.24, 2.45) is 5.92 Å². The predicted molar refractivity (Wildman–Crippen MR) is 105 cm³/mol. The molecule has 0 aliphatic carbocycles. The molecular formula is C18H28N4O2S. The van der Waals surface area contributed by atoms with Crippen LogP contribution in [0.15, 0.2) is 24.3 Å². The number of carbonyl (C=O) groups is 2. The van der Waals surface area contributed by atoms with Gasteiger partial charge in [0, 0.05) is 12.6 Å². The Labute approximate surface area is 155 Å². The molecule has 0 unspecified atom stereocenters. The number of rotatable bonds is 7. The molecule has 0 aliphatic rings. The van der Waals surface area contributed by atoms with E-state index in [1.165, 1.54) is 25.3 Å². The first-order chi connectivity index (χ1) is 11.8. The largest absolute Gasteiger partial charge is 0.344 e. The van der Waals surface area contributed by atoms with Crippen LogP contribution < -0.4 is 21.5 Å². The number of anilines is 1. The fraction of sp³-hybridized carbons (Fsp3) is 0.500. The lowest BCUT2D eigenvalue weighted by Crippen LogP contribution is -2.54. The van der Waals surface area contributed by atoms with Crippen molar-refractivity contribution in [2.45, 2.75) is 53.0 Å². The molecule has 1 aromatic rings. The zero-order chi connectivity index (χ0) is 18.8. The van der Waals surface area contributed by atoms with Crippen molar-refractivity contribution in [1.82, 2.24) is 16.2 Å². The molecule has 6 nitrogen and oxygen atoms in total. The maximum absolute atomic E-state index is 12.1. The number of amides is 2. The molecule has 0 fully saturated rings. The smallest absolute Gasteiger partial charge is 0.261 e. The predicted octanol–water partition coefficient (Wildman–Crippen LogP) is 2.51. The van der Waals surface area contributed by atoms with Gasteiger partial charge in [0.15, 0.2) is 5.11 Å². The zero-order valence-electron chi connectivity index (χ0n) is 15.3. The number of hydrogen-bond acceptors (Lipinski definition) is 3. The van der Waals surface area contributed by atoms with Crippen molar-refractivity contribution in [3.63, 3.8) is 0 Å². The molecule has 0 bridgehead atoms. The Bertz CT molecular complexity index is 587. The number of nitrogens with one attached hydrogen (secondary N) is 4. The molecule has 0 aromatic heterocycles. The minimum absolute atomic E-state index is 0.0390. The summed E-state index contributed by atoms with van der Waals surface area (Å²) < 4.78 is 0. The number of hydrazine groups is 1. The highest BCUT2D eigenvalue weighted by atomic mass is 32.1. The van der Waals surface area contributed by atoms with Crippen LogP contribution in [-0.2, 0) is 16.0 Å². The third kappa shape index (κ3) is 7.98. The number of hydrogen-bond donors (Lipinski definition) is 4. The highest BCUT2D eigenvalue weighted by molar-refractivity contribution is 7.80. The number of benzene rings is 1. The molecule has 0 saturated carbocycles. The van der Waals surface area contributed by atoms with Gasteiger partial charge in [-0.15, -0.1) is 0 Å². The second kappa shape index (κ2) is 10.7. The molecule has 138 valence electrons. The van der Waals surface area contributed by atoms with E-state index in [1.54, 1.807) is 0 Å². The first kappa shape index (κ1) is 20.9. The van der Waals surface area contributed by atoms with E-state index < -0.39 is 6.04 Å². The molecule has 0 aliphatic heterocycles. The minimum atomic E-state index is -0.620. The van der Waals surface area contributed by atoms with Gasteiger partial charge in [0.05, 0.1) is 0 Å². The molecule has 2 amide bonds. The van der Waals surface area contributed by atoms with E-state index in [2.05, 4.69) is 40.5 Å². The average molecular weight is 365 g/mol. The molecule has 25 heavy (non-hydrogen) atoms. The normalized spacial score (nSPS) is 11.6. The van der Waals surface area contributed by atoms with Gasteiger partial charge in [-0.1, -0.05) is 39.3 Å². The van der Waals surface area contributed by atoms with Crippen molar-refractivity contribution in [1.29, 1.82) is 0 Å². The zero-order valence-corrected chi connectivity index (χ0v) is 16.1. The quantitative estimate of drug-likeness (QED) is 0.441. The molecule has 7 heteroatoms. The van der Waals surface area contributed by atoms with E-state index in [9.17, 15) is 9.59 Å². The maximum Gasteiger partial charge on any atom is 0.261 e. The van der Waals surface area contributed by atoms with Crippen LogP contribution in [0.2, 0.25) is 0 Å². The van der Waals surface area contributed by atoms with Crippen molar-refractivity contribution in [3.8, 4) is 0 Å².